The van der Waals surface area contributed by atoms with Crippen molar-refractivity contribution in [2.45, 2.75) is 78.6 Å². The Hall–Kier alpha value is -9.88. The van der Waals surface area contributed by atoms with Gasteiger partial charge < -0.3 is 0 Å². The number of hydrogen-bond acceptors (Lipinski definition) is 0. The molecule has 15 rings (SSSR count). The van der Waals surface area contributed by atoms with Crippen LogP contribution >= 0.6 is 0 Å². The lowest BCUT2D eigenvalue weighted by molar-refractivity contribution is 0.590. The Morgan fingerprint density at radius 2 is 0.466 bits per heavy atom. The first-order valence-electron chi connectivity index (χ1n) is 31.3. The molecule has 426 valence electrons. The van der Waals surface area contributed by atoms with Gasteiger partial charge in [-0.05, 0) is 193 Å². The molecule has 0 aliphatic carbocycles. The lowest BCUT2D eigenvalue weighted by Gasteiger charge is -2.25. The quantitative estimate of drug-likeness (QED) is 0.146. The van der Waals surface area contributed by atoms with E-state index >= 15 is 0 Å². The summed E-state index contributed by atoms with van der Waals surface area (Å²) >= 11 is 0. The van der Waals surface area contributed by atoms with E-state index in [0.717, 1.165) is 0 Å². The van der Waals surface area contributed by atoms with Crippen LogP contribution in [0.15, 0.2) is 285 Å². The molecule has 15 aromatic carbocycles. The molecule has 0 aliphatic heterocycles. The molecule has 0 saturated heterocycles. The summed E-state index contributed by atoms with van der Waals surface area (Å²) in [7, 11) is 0. The Bertz CT molecular complexity index is 5140. The van der Waals surface area contributed by atoms with Crippen molar-refractivity contribution in [1.82, 2.24) is 0 Å². The van der Waals surface area contributed by atoms with Crippen molar-refractivity contribution < 1.29 is 0 Å². The highest BCUT2D eigenvalue weighted by molar-refractivity contribution is 6.27. The van der Waals surface area contributed by atoms with E-state index in [2.05, 4.69) is 347 Å². The van der Waals surface area contributed by atoms with Gasteiger partial charge in [0.1, 0.15) is 0 Å². The fourth-order valence-corrected chi connectivity index (χ4v) is 13.7. The van der Waals surface area contributed by atoms with Crippen molar-refractivity contribution in [2.75, 3.05) is 0 Å². The van der Waals surface area contributed by atoms with Crippen molar-refractivity contribution >= 4 is 75.4 Å². The number of hydrogen-bond donors (Lipinski definition) is 0. The molecule has 0 saturated carbocycles. The predicted octanol–water partition coefficient (Wildman–Crippen LogP) is 25.3. The summed E-state index contributed by atoms with van der Waals surface area (Å²) in [5.74, 6) is 0. The third kappa shape index (κ3) is 10.1. The smallest absolute Gasteiger partial charge is 0.00200 e. The molecule has 0 amide bonds. The SMILES string of the molecule is CC(C)(C)c1ccc2c(-c3ccc(-c4ccccc4)c4ccccc34)c3cc(C(C)(C)C)ccc3c(-c3cccc4ccccc34)c2c1.CC(C)(C)c1ccc2c(-c3cccc4ccccc34)c3ccccc3c(-c3ccc(-c4ccccc4)cc3)c2c1. The molecule has 0 heterocycles. The van der Waals surface area contributed by atoms with E-state index < -0.39 is 0 Å². The second-order valence-corrected chi connectivity index (χ2v) is 27.1. The molecule has 0 spiro atoms. The minimum atomic E-state index is 0.00928. The first kappa shape index (κ1) is 56.0. The molecule has 0 aliphatic rings. The van der Waals surface area contributed by atoms with Gasteiger partial charge in [0.05, 0.1) is 0 Å². The number of rotatable bonds is 6. The molecule has 0 fully saturated rings. The average Bonchev–Trinajstić information content (AvgIpc) is 0.766. The van der Waals surface area contributed by atoms with Crippen LogP contribution in [0.3, 0.4) is 0 Å². The molecular formula is C88H74. The maximum absolute atomic E-state index is 2.48. The number of fused-ring (bicyclic) bond motifs is 7. The second-order valence-electron chi connectivity index (χ2n) is 27.1. The predicted molar refractivity (Wildman–Crippen MR) is 384 cm³/mol. The molecule has 15 aromatic rings. The molecule has 0 unspecified atom stereocenters. The van der Waals surface area contributed by atoms with Gasteiger partial charge in [-0.2, -0.15) is 0 Å². The Balaban J connectivity index is 0.000000157. The Morgan fingerprint density at radius 1 is 0.170 bits per heavy atom. The highest BCUT2D eigenvalue weighted by atomic mass is 14.3. The van der Waals surface area contributed by atoms with Crippen LogP contribution in [0.2, 0.25) is 0 Å². The van der Waals surface area contributed by atoms with Crippen LogP contribution in [-0.4, -0.2) is 0 Å². The fourth-order valence-electron chi connectivity index (χ4n) is 13.7. The normalized spacial score (nSPS) is 12.1. The van der Waals surface area contributed by atoms with Crippen molar-refractivity contribution in [3.05, 3.63) is 302 Å². The summed E-state index contributed by atoms with van der Waals surface area (Å²) in [5, 5.41) is 18.0. The minimum Gasteiger partial charge on any atom is -0.0622 e. The Kier molecular flexibility index (Phi) is 14.1. The van der Waals surface area contributed by atoms with E-state index in [9.17, 15) is 0 Å². The fraction of sp³-hybridized carbons (Fsp3) is 0.136. The van der Waals surface area contributed by atoms with Gasteiger partial charge >= 0.3 is 0 Å². The highest BCUT2D eigenvalue weighted by Crippen LogP contribution is 2.51. The average molecular weight is 1130 g/mol. The highest BCUT2D eigenvalue weighted by Gasteiger charge is 2.26. The van der Waals surface area contributed by atoms with Crippen LogP contribution in [0.5, 0.6) is 0 Å². The third-order valence-electron chi connectivity index (χ3n) is 18.4. The van der Waals surface area contributed by atoms with Gasteiger partial charge in [-0.3, -0.25) is 0 Å². The van der Waals surface area contributed by atoms with Crippen molar-refractivity contribution in [2.24, 2.45) is 0 Å². The van der Waals surface area contributed by atoms with E-state index in [1.807, 2.05) is 0 Å². The van der Waals surface area contributed by atoms with Crippen LogP contribution in [-0.2, 0) is 16.2 Å². The molecule has 0 N–H and O–H groups in total. The van der Waals surface area contributed by atoms with E-state index in [-0.39, 0.29) is 16.2 Å². The topological polar surface area (TPSA) is 0 Å². The van der Waals surface area contributed by atoms with Gasteiger partial charge in [-0.25, -0.2) is 0 Å². The van der Waals surface area contributed by atoms with Crippen LogP contribution in [0.4, 0.5) is 0 Å². The van der Waals surface area contributed by atoms with E-state index in [1.165, 1.54) is 159 Å². The summed E-state index contributed by atoms with van der Waals surface area (Å²) < 4.78 is 0. The zero-order chi connectivity index (χ0) is 60.5. The molecule has 0 heteroatoms. The zero-order valence-corrected chi connectivity index (χ0v) is 52.1. The molecule has 0 nitrogen and oxygen atoms in total. The van der Waals surface area contributed by atoms with E-state index in [0.29, 0.717) is 0 Å². The maximum Gasteiger partial charge on any atom is -0.00200 e. The van der Waals surface area contributed by atoms with Crippen molar-refractivity contribution in [3.63, 3.8) is 0 Å². The third-order valence-corrected chi connectivity index (χ3v) is 18.4. The number of benzene rings is 15. The van der Waals surface area contributed by atoms with Crippen molar-refractivity contribution in [1.29, 1.82) is 0 Å². The second kappa shape index (κ2) is 22.1. The van der Waals surface area contributed by atoms with Gasteiger partial charge in [0, 0.05) is 0 Å². The molecule has 0 radical (unpaired) electrons. The molecule has 88 heavy (non-hydrogen) atoms. The van der Waals surface area contributed by atoms with Crippen LogP contribution in [0.1, 0.15) is 79.0 Å². The van der Waals surface area contributed by atoms with Gasteiger partial charge in [0.25, 0.3) is 0 Å². The maximum atomic E-state index is 2.48. The van der Waals surface area contributed by atoms with Crippen LogP contribution in [0.25, 0.3) is 142 Å². The van der Waals surface area contributed by atoms with E-state index in [4.69, 9.17) is 0 Å². The van der Waals surface area contributed by atoms with Gasteiger partial charge in [-0.1, -0.05) is 329 Å². The summed E-state index contributed by atoms with van der Waals surface area (Å²) in [6, 6.07) is 106. The first-order valence-corrected chi connectivity index (χ1v) is 31.3. The van der Waals surface area contributed by atoms with Crippen LogP contribution in [0, 0.1) is 0 Å². The summed E-state index contributed by atoms with van der Waals surface area (Å²) in [5.41, 5.74) is 19.4. The molecule has 0 aromatic heterocycles. The monoisotopic (exact) mass is 1130 g/mol. The first-order chi connectivity index (χ1) is 42.6. The standard InChI is InChI=1S/C48H42.C40H32/c1-47(2,3)33-24-26-42-43(29-33)45(39-22-14-18-32-17-10-11-19-35(32)39)41-25-23-34(48(4,5)6)30-44(41)46(42)40-28-27-36(31-15-8-7-9-16-31)37-20-12-13-21-38(37)40;1-40(2,3)31-24-25-36-37(26-31)38(30-22-20-28(21-23-30)27-12-5-4-6-13-27)34-17-9-10-18-35(34)39(36)33-19-11-15-29-14-7-8-16-32(29)33/h7-30H,1-6H3;4-26H,1-3H3. The van der Waals surface area contributed by atoms with Crippen LogP contribution < -0.4 is 0 Å². The summed E-state index contributed by atoms with van der Waals surface area (Å²) in [4.78, 5) is 0. The Morgan fingerprint density at radius 3 is 0.920 bits per heavy atom. The molecule has 0 bridgehead atoms. The summed E-state index contributed by atoms with van der Waals surface area (Å²) in [6.45, 7) is 20.8. The zero-order valence-electron chi connectivity index (χ0n) is 52.1. The lowest BCUT2D eigenvalue weighted by atomic mass is 9.78. The largest absolute Gasteiger partial charge is 0.0622 e. The van der Waals surface area contributed by atoms with Gasteiger partial charge in [-0.15, -0.1) is 0 Å². The van der Waals surface area contributed by atoms with Crippen molar-refractivity contribution in [3.8, 4) is 66.8 Å². The van der Waals surface area contributed by atoms with E-state index in [1.54, 1.807) is 0 Å². The lowest BCUT2D eigenvalue weighted by Crippen LogP contribution is -2.11. The summed E-state index contributed by atoms with van der Waals surface area (Å²) in [6.07, 6.45) is 0. The Labute approximate surface area is 519 Å². The minimum absolute atomic E-state index is 0.00928. The van der Waals surface area contributed by atoms with Gasteiger partial charge in [0.15, 0.2) is 0 Å². The molecule has 0 atom stereocenters. The van der Waals surface area contributed by atoms with Gasteiger partial charge in [0.2, 0.25) is 0 Å². The molecular weight excluding hydrogens is 1060 g/mol.